The van der Waals surface area contributed by atoms with E-state index in [0.717, 1.165) is 11.2 Å². The molecule has 0 radical (unpaired) electrons. The van der Waals surface area contributed by atoms with Gasteiger partial charge < -0.3 is 10.5 Å². The summed E-state index contributed by atoms with van der Waals surface area (Å²) < 4.78 is 28.9. The molecule has 0 spiro atoms. The lowest BCUT2D eigenvalue weighted by Gasteiger charge is -2.11. The molecule has 0 aromatic heterocycles. The quantitative estimate of drug-likeness (QED) is 0.694. The molecule has 0 aliphatic rings. The van der Waals surface area contributed by atoms with Crippen molar-refractivity contribution in [3.8, 4) is 11.5 Å². The molecule has 0 saturated carbocycles. The summed E-state index contributed by atoms with van der Waals surface area (Å²) in [5.41, 5.74) is 5.99. The van der Waals surface area contributed by atoms with Gasteiger partial charge in [-0.3, -0.25) is 0 Å². The Morgan fingerprint density at radius 3 is 2.30 bits per heavy atom. The van der Waals surface area contributed by atoms with Crippen molar-refractivity contribution in [1.82, 2.24) is 0 Å². The third-order valence-electron chi connectivity index (χ3n) is 2.71. The van der Waals surface area contributed by atoms with Crippen molar-refractivity contribution in [2.45, 2.75) is 9.79 Å². The molecule has 0 aliphatic heterocycles. The molecule has 0 amide bonds. The monoisotopic (exact) mass is 309 g/mol. The SMILES string of the molecule is CSc1ccc(Oc2cccc(S(C)(=O)=O)c2N)cc1. The molecule has 0 aliphatic carbocycles. The maximum atomic E-state index is 11.6. The zero-order valence-electron chi connectivity index (χ0n) is 11.2. The third kappa shape index (κ3) is 3.26. The van der Waals surface area contributed by atoms with E-state index < -0.39 is 9.84 Å². The topological polar surface area (TPSA) is 69.4 Å². The third-order valence-corrected chi connectivity index (χ3v) is 4.61. The number of nitrogens with two attached hydrogens (primary N) is 1. The minimum atomic E-state index is -3.37. The lowest BCUT2D eigenvalue weighted by molar-refractivity contribution is 0.483. The van der Waals surface area contributed by atoms with E-state index in [9.17, 15) is 8.42 Å². The summed E-state index contributed by atoms with van der Waals surface area (Å²) in [5.74, 6) is 0.949. The molecule has 2 rings (SSSR count). The van der Waals surface area contributed by atoms with Crippen LogP contribution in [0.5, 0.6) is 11.5 Å². The Morgan fingerprint density at radius 1 is 1.10 bits per heavy atom. The zero-order chi connectivity index (χ0) is 14.8. The number of ether oxygens (including phenoxy) is 1. The second-order valence-electron chi connectivity index (χ2n) is 4.22. The van der Waals surface area contributed by atoms with Crippen molar-refractivity contribution >= 4 is 27.3 Å². The molecule has 2 N–H and O–H groups in total. The minimum Gasteiger partial charge on any atom is -0.455 e. The summed E-state index contributed by atoms with van der Waals surface area (Å²) in [5, 5.41) is 0. The normalized spacial score (nSPS) is 11.3. The van der Waals surface area contributed by atoms with Gasteiger partial charge in [0.05, 0.1) is 10.6 Å². The Hall–Kier alpha value is -1.66. The highest BCUT2D eigenvalue weighted by molar-refractivity contribution is 7.98. The van der Waals surface area contributed by atoms with E-state index in [1.54, 1.807) is 23.9 Å². The predicted molar refractivity (Wildman–Crippen MR) is 82.3 cm³/mol. The molecule has 0 fully saturated rings. The zero-order valence-corrected chi connectivity index (χ0v) is 12.8. The summed E-state index contributed by atoms with van der Waals surface area (Å²) in [6, 6.07) is 12.2. The van der Waals surface area contributed by atoms with Crippen LogP contribution in [0.2, 0.25) is 0 Å². The average molecular weight is 309 g/mol. The van der Waals surface area contributed by atoms with E-state index in [1.165, 1.54) is 6.07 Å². The smallest absolute Gasteiger partial charge is 0.177 e. The van der Waals surface area contributed by atoms with Crippen molar-refractivity contribution in [3.05, 3.63) is 42.5 Å². The molecule has 106 valence electrons. The molecular weight excluding hydrogens is 294 g/mol. The van der Waals surface area contributed by atoms with E-state index in [4.69, 9.17) is 10.5 Å². The van der Waals surface area contributed by atoms with Gasteiger partial charge in [-0.05, 0) is 42.7 Å². The number of sulfone groups is 1. The van der Waals surface area contributed by atoms with Gasteiger partial charge in [-0.2, -0.15) is 0 Å². The lowest BCUT2D eigenvalue weighted by atomic mass is 10.3. The van der Waals surface area contributed by atoms with Crippen LogP contribution in [0.15, 0.2) is 52.3 Å². The van der Waals surface area contributed by atoms with Crippen LogP contribution in [-0.4, -0.2) is 20.9 Å². The van der Waals surface area contributed by atoms with Crippen molar-refractivity contribution in [2.75, 3.05) is 18.2 Å². The van der Waals surface area contributed by atoms with Gasteiger partial charge in [0.25, 0.3) is 0 Å². The molecule has 2 aromatic rings. The van der Waals surface area contributed by atoms with Gasteiger partial charge in [0, 0.05) is 11.2 Å². The molecule has 0 saturated heterocycles. The van der Waals surface area contributed by atoms with Gasteiger partial charge in [0.15, 0.2) is 15.6 Å². The number of hydrogen-bond acceptors (Lipinski definition) is 5. The number of benzene rings is 2. The van der Waals surface area contributed by atoms with E-state index in [-0.39, 0.29) is 10.6 Å². The first-order valence-corrected chi connectivity index (χ1v) is 8.94. The second kappa shape index (κ2) is 5.76. The van der Waals surface area contributed by atoms with Gasteiger partial charge in [0.1, 0.15) is 5.75 Å². The van der Waals surface area contributed by atoms with Crippen LogP contribution in [0, 0.1) is 0 Å². The fraction of sp³-hybridized carbons (Fsp3) is 0.143. The van der Waals surface area contributed by atoms with Gasteiger partial charge in [-0.25, -0.2) is 8.42 Å². The van der Waals surface area contributed by atoms with Crippen molar-refractivity contribution < 1.29 is 13.2 Å². The van der Waals surface area contributed by atoms with E-state index >= 15 is 0 Å². The van der Waals surface area contributed by atoms with Crippen molar-refractivity contribution in [3.63, 3.8) is 0 Å². The van der Waals surface area contributed by atoms with Crippen molar-refractivity contribution in [2.24, 2.45) is 0 Å². The highest BCUT2D eigenvalue weighted by atomic mass is 32.2. The van der Waals surface area contributed by atoms with Crippen LogP contribution in [0.1, 0.15) is 0 Å². The summed E-state index contributed by atoms with van der Waals surface area (Å²) in [6.45, 7) is 0. The molecule has 20 heavy (non-hydrogen) atoms. The first-order valence-electron chi connectivity index (χ1n) is 5.82. The van der Waals surface area contributed by atoms with E-state index in [2.05, 4.69) is 0 Å². The summed E-state index contributed by atoms with van der Waals surface area (Å²) in [7, 11) is -3.37. The van der Waals surface area contributed by atoms with E-state index in [0.29, 0.717) is 11.5 Å². The highest BCUT2D eigenvalue weighted by Crippen LogP contribution is 2.32. The average Bonchev–Trinajstić information content (AvgIpc) is 2.40. The van der Waals surface area contributed by atoms with Gasteiger partial charge in [-0.1, -0.05) is 6.07 Å². The number of hydrogen-bond donors (Lipinski definition) is 1. The molecule has 0 bridgehead atoms. The van der Waals surface area contributed by atoms with Crippen LogP contribution >= 0.6 is 11.8 Å². The Balaban J connectivity index is 2.34. The van der Waals surface area contributed by atoms with Crippen molar-refractivity contribution in [1.29, 1.82) is 0 Å². The molecular formula is C14H15NO3S2. The Labute approximate surface area is 122 Å². The number of anilines is 1. The number of nitrogen functional groups attached to an aromatic ring is 1. The summed E-state index contributed by atoms with van der Waals surface area (Å²) in [6.07, 6.45) is 3.11. The summed E-state index contributed by atoms with van der Waals surface area (Å²) >= 11 is 1.63. The minimum absolute atomic E-state index is 0.0794. The molecule has 0 atom stereocenters. The number of rotatable bonds is 4. The first-order chi connectivity index (χ1) is 9.41. The van der Waals surface area contributed by atoms with Crippen LogP contribution in [0.3, 0.4) is 0 Å². The van der Waals surface area contributed by atoms with Gasteiger partial charge in [-0.15, -0.1) is 11.8 Å². The fourth-order valence-corrected chi connectivity index (χ4v) is 2.94. The van der Waals surface area contributed by atoms with Crippen LogP contribution < -0.4 is 10.5 Å². The first kappa shape index (κ1) is 14.7. The second-order valence-corrected chi connectivity index (χ2v) is 7.08. The van der Waals surface area contributed by atoms with Gasteiger partial charge in [0.2, 0.25) is 0 Å². The maximum absolute atomic E-state index is 11.6. The van der Waals surface area contributed by atoms with Crippen LogP contribution in [-0.2, 0) is 9.84 Å². The summed E-state index contributed by atoms with van der Waals surface area (Å²) in [4.78, 5) is 1.20. The Morgan fingerprint density at radius 2 is 1.75 bits per heavy atom. The number of para-hydroxylation sites is 1. The largest absolute Gasteiger partial charge is 0.455 e. The molecule has 2 aromatic carbocycles. The maximum Gasteiger partial charge on any atom is 0.177 e. The Kier molecular flexibility index (Phi) is 4.25. The predicted octanol–water partition coefficient (Wildman–Crippen LogP) is 3.19. The Bertz CT molecular complexity index is 710. The van der Waals surface area contributed by atoms with E-state index in [1.807, 2.05) is 30.5 Å². The van der Waals surface area contributed by atoms with Crippen LogP contribution in [0.4, 0.5) is 5.69 Å². The molecule has 6 heteroatoms. The lowest BCUT2D eigenvalue weighted by Crippen LogP contribution is -2.03. The molecule has 0 unspecified atom stereocenters. The van der Waals surface area contributed by atoms with Gasteiger partial charge >= 0.3 is 0 Å². The number of thioether (sulfide) groups is 1. The highest BCUT2D eigenvalue weighted by Gasteiger charge is 2.15. The molecule has 0 heterocycles. The standard InChI is InChI=1S/C14H15NO3S2/c1-19-11-8-6-10(7-9-11)18-12-4-3-5-13(14(12)15)20(2,16)17/h3-9H,15H2,1-2H3. The fourth-order valence-electron chi connectivity index (χ4n) is 1.71. The van der Waals surface area contributed by atoms with Crippen LogP contribution in [0.25, 0.3) is 0 Å². The molecule has 4 nitrogen and oxygen atoms in total.